The Morgan fingerprint density at radius 2 is 1.30 bits per heavy atom. The highest BCUT2D eigenvalue weighted by Gasteiger charge is 1.98. The number of rotatable bonds is 22. The average Bonchev–Trinajstić information content (AvgIpc) is 2.72. The van der Waals surface area contributed by atoms with Crippen LogP contribution in [0.15, 0.2) is 23.3 Å². The predicted octanol–water partition coefficient (Wildman–Crippen LogP) is 9.82. The molecule has 0 rings (SSSR count). The molecule has 0 aliphatic carbocycles. The van der Waals surface area contributed by atoms with Crippen LogP contribution in [0.3, 0.4) is 0 Å². The summed E-state index contributed by atoms with van der Waals surface area (Å²) >= 11 is 6.28. The predicted molar refractivity (Wildman–Crippen MR) is 133 cm³/mol. The van der Waals surface area contributed by atoms with Gasteiger partial charge in [0.2, 0.25) is 0 Å². The molecule has 1 atom stereocenters. The molecule has 0 aromatic carbocycles. The van der Waals surface area contributed by atoms with Gasteiger partial charge in [-0.25, -0.2) is 0 Å². The Labute approximate surface area is 192 Å². The molecule has 0 aromatic heterocycles. The van der Waals surface area contributed by atoms with Gasteiger partial charge in [-0.15, -0.1) is 0 Å². The SMILES string of the molecule is CCC(C)CCCCCCCCCCCCC/C=C(\Cl)CC/C=C\CCCC(=O)O. The maximum Gasteiger partial charge on any atom is 0.303 e. The average molecular weight is 441 g/mol. The fourth-order valence-corrected chi connectivity index (χ4v) is 3.84. The molecule has 0 fully saturated rings. The van der Waals surface area contributed by atoms with Crippen molar-refractivity contribution in [2.45, 2.75) is 136 Å². The van der Waals surface area contributed by atoms with E-state index in [0.717, 1.165) is 36.6 Å². The molecular weight excluding hydrogens is 392 g/mol. The largest absolute Gasteiger partial charge is 0.481 e. The van der Waals surface area contributed by atoms with Crippen molar-refractivity contribution < 1.29 is 9.90 Å². The van der Waals surface area contributed by atoms with Crippen LogP contribution in [0.4, 0.5) is 0 Å². The van der Waals surface area contributed by atoms with Gasteiger partial charge in [0.1, 0.15) is 0 Å². The van der Waals surface area contributed by atoms with Gasteiger partial charge in [0.25, 0.3) is 0 Å². The number of halogens is 1. The number of hydrogen-bond acceptors (Lipinski definition) is 1. The summed E-state index contributed by atoms with van der Waals surface area (Å²) < 4.78 is 0. The molecule has 176 valence electrons. The summed E-state index contributed by atoms with van der Waals surface area (Å²) in [4.78, 5) is 10.4. The van der Waals surface area contributed by atoms with E-state index in [1.807, 2.05) is 0 Å². The van der Waals surface area contributed by atoms with Crippen LogP contribution >= 0.6 is 11.6 Å². The van der Waals surface area contributed by atoms with E-state index >= 15 is 0 Å². The molecule has 2 nitrogen and oxygen atoms in total. The summed E-state index contributed by atoms with van der Waals surface area (Å²) in [7, 11) is 0. The lowest BCUT2D eigenvalue weighted by Crippen LogP contribution is -1.92. The first-order valence-electron chi connectivity index (χ1n) is 12.8. The Hall–Kier alpha value is -0.760. The summed E-state index contributed by atoms with van der Waals surface area (Å²) in [5.74, 6) is 0.203. The molecule has 0 aromatic rings. The third-order valence-corrected chi connectivity index (χ3v) is 6.29. The van der Waals surface area contributed by atoms with E-state index in [4.69, 9.17) is 16.7 Å². The molecule has 1 unspecified atom stereocenters. The maximum absolute atomic E-state index is 10.4. The number of hydrogen-bond donors (Lipinski definition) is 1. The lowest BCUT2D eigenvalue weighted by Gasteiger charge is -2.07. The standard InChI is InChI=1S/C27H49ClO2/c1-3-25(2)21-17-13-10-8-6-4-5-7-9-11-14-18-22-26(28)23-19-15-12-16-20-24-27(29)30/h12,15,22,25H,3-11,13-14,16-21,23-24H2,1-2H3,(H,29,30)/b15-12-,26-22-. The van der Waals surface area contributed by atoms with Crippen molar-refractivity contribution >= 4 is 17.6 Å². The molecule has 0 aliphatic heterocycles. The second-order valence-corrected chi connectivity index (χ2v) is 9.41. The van der Waals surface area contributed by atoms with Crippen molar-refractivity contribution in [2.24, 2.45) is 5.92 Å². The van der Waals surface area contributed by atoms with Gasteiger partial charge in [0.05, 0.1) is 0 Å². The molecule has 0 aliphatic rings. The third kappa shape index (κ3) is 23.5. The Bertz CT molecular complexity index is 442. The van der Waals surface area contributed by atoms with Crippen LogP contribution in [0, 0.1) is 5.92 Å². The minimum atomic E-state index is -0.715. The van der Waals surface area contributed by atoms with Crippen LogP contribution in [-0.4, -0.2) is 11.1 Å². The fourth-order valence-electron chi connectivity index (χ4n) is 3.62. The third-order valence-electron chi connectivity index (χ3n) is 5.94. The minimum Gasteiger partial charge on any atom is -0.481 e. The fraction of sp³-hybridized carbons (Fsp3) is 0.815. The number of unbranched alkanes of at least 4 members (excludes halogenated alkanes) is 12. The van der Waals surface area contributed by atoms with Gasteiger partial charge in [-0.05, 0) is 44.4 Å². The van der Waals surface area contributed by atoms with E-state index < -0.39 is 5.97 Å². The van der Waals surface area contributed by atoms with E-state index in [0.29, 0.717) is 6.42 Å². The van der Waals surface area contributed by atoms with Crippen molar-refractivity contribution in [3.8, 4) is 0 Å². The number of carboxylic acids is 1. The van der Waals surface area contributed by atoms with E-state index in [1.54, 1.807) is 0 Å². The summed E-state index contributed by atoms with van der Waals surface area (Å²) in [5.41, 5.74) is 0. The van der Waals surface area contributed by atoms with E-state index in [9.17, 15) is 4.79 Å². The number of allylic oxidation sites excluding steroid dienone is 4. The van der Waals surface area contributed by atoms with Gasteiger partial charge in [0.15, 0.2) is 0 Å². The maximum atomic E-state index is 10.4. The number of aliphatic carboxylic acids is 1. The monoisotopic (exact) mass is 440 g/mol. The van der Waals surface area contributed by atoms with Crippen molar-refractivity contribution in [2.75, 3.05) is 0 Å². The molecule has 30 heavy (non-hydrogen) atoms. The van der Waals surface area contributed by atoms with Crippen molar-refractivity contribution in [1.82, 2.24) is 0 Å². The van der Waals surface area contributed by atoms with E-state index in [-0.39, 0.29) is 6.42 Å². The molecular formula is C27H49ClO2. The molecule has 0 saturated heterocycles. The zero-order valence-electron chi connectivity index (χ0n) is 20.0. The Balaban J connectivity index is 3.32. The number of carbonyl (C=O) groups is 1. The van der Waals surface area contributed by atoms with Crippen LogP contribution in [0.5, 0.6) is 0 Å². The van der Waals surface area contributed by atoms with Crippen molar-refractivity contribution in [3.63, 3.8) is 0 Å². The summed E-state index contributed by atoms with van der Waals surface area (Å²) in [6.45, 7) is 4.67. The van der Waals surface area contributed by atoms with Crippen LogP contribution in [0.2, 0.25) is 0 Å². The second-order valence-electron chi connectivity index (χ2n) is 8.93. The quantitative estimate of drug-likeness (QED) is 0.134. The first-order chi connectivity index (χ1) is 14.6. The Morgan fingerprint density at radius 3 is 1.87 bits per heavy atom. The van der Waals surface area contributed by atoms with Gasteiger partial charge in [-0.1, -0.05) is 121 Å². The van der Waals surface area contributed by atoms with Crippen molar-refractivity contribution in [1.29, 1.82) is 0 Å². The molecule has 0 saturated carbocycles. The highest BCUT2D eigenvalue weighted by atomic mass is 35.5. The normalized spacial score (nSPS) is 13.2. The molecule has 3 heteroatoms. The summed E-state index contributed by atoms with van der Waals surface area (Å²) in [5, 5.41) is 9.54. The highest BCUT2D eigenvalue weighted by molar-refractivity contribution is 6.29. The number of carboxylic acid groups (broad SMARTS) is 1. The second kappa shape index (κ2) is 22.9. The lowest BCUT2D eigenvalue weighted by atomic mass is 9.99. The van der Waals surface area contributed by atoms with Crippen LogP contribution in [0.1, 0.15) is 136 Å². The van der Waals surface area contributed by atoms with Crippen LogP contribution < -0.4 is 0 Å². The molecule has 0 bridgehead atoms. The molecule has 0 radical (unpaired) electrons. The van der Waals surface area contributed by atoms with Crippen LogP contribution in [-0.2, 0) is 4.79 Å². The zero-order valence-corrected chi connectivity index (χ0v) is 20.7. The van der Waals surface area contributed by atoms with Gasteiger partial charge in [0, 0.05) is 11.5 Å². The first-order valence-corrected chi connectivity index (χ1v) is 13.1. The molecule has 1 N–H and O–H groups in total. The molecule has 0 spiro atoms. The molecule has 0 heterocycles. The van der Waals surface area contributed by atoms with Crippen molar-refractivity contribution in [3.05, 3.63) is 23.3 Å². The zero-order chi connectivity index (χ0) is 22.3. The Morgan fingerprint density at radius 1 is 0.767 bits per heavy atom. The lowest BCUT2D eigenvalue weighted by molar-refractivity contribution is -0.137. The van der Waals surface area contributed by atoms with Gasteiger partial charge < -0.3 is 5.11 Å². The van der Waals surface area contributed by atoms with Crippen LogP contribution in [0.25, 0.3) is 0 Å². The smallest absolute Gasteiger partial charge is 0.303 e. The van der Waals surface area contributed by atoms with Gasteiger partial charge in [-0.2, -0.15) is 0 Å². The highest BCUT2D eigenvalue weighted by Crippen LogP contribution is 2.17. The van der Waals surface area contributed by atoms with Gasteiger partial charge >= 0.3 is 5.97 Å². The summed E-state index contributed by atoms with van der Waals surface area (Å²) in [6.07, 6.45) is 29.2. The minimum absolute atomic E-state index is 0.254. The summed E-state index contributed by atoms with van der Waals surface area (Å²) in [6, 6.07) is 0. The Kier molecular flexibility index (Phi) is 22.3. The topological polar surface area (TPSA) is 37.3 Å². The van der Waals surface area contributed by atoms with E-state index in [2.05, 4.69) is 32.1 Å². The molecule has 0 amide bonds. The first kappa shape index (κ1) is 29.2. The van der Waals surface area contributed by atoms with Gasteiger partial charge in [-0.3, -0.25) is 4.79 Å². The van der Waals surface area contributed by atoms with E-state index in [1.165, 1.54) is 83.5 Å².